The summed E-state index contributed by atoms with van der Waals surface area (Å²) >= 11 is 0. The Balaban J connectivity index is 2.01. The second-order valence-corrected chi connectivity index (χ2v) is 5.41. The summed E-state index contributed by atoms with van der Waals surface area (Å²) in [4.78, 5) is 19.6. The van der Waals surface area contributed by atoms with Gasteiger partial charge >= 0.3 is 0 Å². The van der Waals surface area contributed by atoms with Crippen molar-refractivity contribution in [1.29, 1.82) is 0 Å². The molecule has 1 aromatic heterocycles. The molecule has 0 saturated heterocycles. The molecule has 2 aromatic carbocycles. The average Bonchev–Trinajstić information content (AvgIpc) is 2.63. The van der Waals surface area contributed by atoms with E-state index in [0.717, 1.165) is 11.3 Å². The van der Waals surface area contributed by atoms with E-state index in [1.165, 1.54) is 6.07 Å². The number of aromatic nitrogens is 2. The molecule has 0 radical (unpaired) electrons. The van der Waals surface area contributed by atoms with Crippen LogP contribution in [0.5, 0.6) is 0 Å². The van der Waals surface area contributed by atoms with E-state index in [1.807, 2.05) is 36.4 Å². The van der Waals surface area contributed by atoms with Crippen LogP contribution in [0, 0.1) is 17.0 Å². The van der Waals surface area contributed by atoms with Gasteiger partial charge in [0.25, 0.3) is 5.69 Å². The summed E-state index contributed by atoms with van der Waals surface area (Å²) in [6.07, 6.45) is 0. The molecule has 0 bridgehead atoms. The van der Waals surface area contributed by atoms with Crippen molar-refractivity contribution in [2.45, 2.75) is 6.92 Å². The van der Waals surface area contributed by atoms with Gasteiger partial charge in [0.1, 0.15) is 5.82 Å². The maximum absolute atomic E-state index is 11.1. The van der Waals surface area contributed by atoms with Crippen molar-refractivity contribution in [3.8, 4) is 11.3 Å². The summed E-state index contributed by atoms with van der Waals surface area (Å²) in [7, 11) is 1.74. The van der Waals surface area contributed by atoms with E-state index in [1.54, 1.807) is 26.1 Å². The lowest BCUT2D eigenvalue weighted by Crippen LogP contribution is -2.03. The van der Waals surface area contributed by atoms with Crippen LogP contribution < -0.4 is 10.6 Å². The second kappa shape index (κ2) is 6.96. The number of hydrogen-bond donors (Lipinski definition) is 2. The minimum absolute atomic E-state index is 0.0659. The van der Waals surface area contributed by atoms with Gasteiger partial charge in [-0.15, -0.1) is 0 Å². The van der Waals surface area contributed by atoms with Gasteiger partial charge in [-0.05, 0) is 13.0 Å². The van der Waals surface area contributed by atoms with Crippen LogP contribution in [-0.2, 0) is 0 Å². The first kappa shape index (κ1) is 16.4. The Morgan fingerprint density at radius 2 is 1.80 bits per heavy atom. The van der Waals surface area contributed by atoms with Gasteiger partial charge in [-0.25, -0.2) is 4.98 Å². The predicted molar refractivity (Wildman–Crippen MR) is 98.1 cm³/mol. The third-order valence-corrected chi connectivity index (χ3v) is 3.78. The molecule has 7 heteroatoms. The standard InChI is InChI=1S/C18H17N5O2/c1-12-14(9-6-10-16(12)23(24)25)20-17-11-15(21-18(19-2)22-17)13-7-4-3-5-8-13/h3-11H,1-2H3,(H2,19,20,21,22). The lowest BCUT2D eigenvalue weighted by atomic mass is 10.1. The first-order valence-corrected chi connectivity index (χ1v) is 7.72. The number of nitrogens with one attached hydrogen (secondary N) is 2. The summed E-state index contributed by atoms with van der Waals surface area (Å²) in [5.74, 6) is 1.02. The zero-order valence-electron chi connectivity index (χ0n) is 13.9. The lowest BCUT2D eigenvalue weighted by Gasteiger charge is -2.12. The molecule has 126 valence electrons. The molecule has 7 nitrogen and oxygen atoms in total. The normalized spacial score (nSPS) is 10.3. The molecule has 1 heterocycles. The van der Waals surface area contributed by atoms with Crippen LogP contribution >= 0.6 is 0 Å². The van der Waals surface area contributed by atoms with Gasteiger partial charge in [-0.1, -0.05) is 36.4 Å². The van der Waals surface area contributed by atoms with Crippen molar-refractivity contribution in [2.75, 3.05) is 17.7 Å². The molecule has 0 atom stereocenters. The molecule has 0 fully saturated rings. The monoisotopic (exact) mass is 335 g/mol. The van der Waals surface area contributed by atoms with E-state index in [-0.39, 0.29) is 5.69 Å². The molecular formula is C18H17N5O2. The summed E-state index contributed by atoms with van der Waals surface area (Å²) in [6.45, 7) is 1.71. The van der Waals surface area contributed by atoms with Crippen LogP contribution in [0.15, 0.2) is 54.6 Å². The lowest BCUT2D eigenvalue weighted by molar-refractivity contribution is -0.385. The van der Waals surface area contributed by atoms with Gasteiger partial charge in [-0.3, -0.25) is 10.1 Å². The number of hydrogen-bond acceptors (Lipinski definition) is 6. The number of nitrogens with zero attached hydrogens (tertiary/aromatic N) is 3. The van der Waals surface area contributed by atoms with Crippen molar-refractivity contribution >= 4 is 23.1 Å². The van der Waals surface area contributed by atoms with E-state index in [4.69, 9.17) is 0 Å². The van der Waals surface area contributed by atoms with E-state index in [2.05, 4.69) is 20.6 Å². The molecule has 0 aliphatic rings. The van der Waals surface area contributed by atoms with Crippen LogP contribution in [0.4, 0.5) is 23.1 Å². The minimum atomic E-state index is -0.394. The smallest absolute Gasteiger partial charge is 0.274 e. The van der Waals surface area contributed by atoms with Crippen molar-refractivity contribution in [2.24, 2.45) is 0 Å². The van der Waals surface area contributed by atoms with Crippen molar-refractivity contribution in [1.82, 2.24) is 9.97 Å². The van der Waals surface area contributed by atoms with Crippen molar-refractivity contribution < 1.29 is 4.92 Å². The molecular weight excluding hydrogens is 318 g/mol. The first-order valence-electron chi connectivity index (χ1n) is 7.72. The van der Waals surface area contributed by atoms with Crippen LogP contribution in [-0.4, -0.2) is 21.9 Å². The highest BCUT2D eigenvalue weighted by molar-refractivity contribution is 5.70. The molecule has 3 aromatic rings. The fraction of sp³-hybridized carbons (Fsp3) is 0.111. The fourth-order valence-electron chi connectivity index (χ4n) is 2.47. The Labute approximate surface area is 144 Å². The molecule has 25 heavy (non-hydrogen) atoms. The van der Waals surface area contributed by atoms with Gasteiger partial charge in [0.05, 0.1) is 16.2 Å². The highest BCUT2D eigenvalue weighted by Gasteiger charge is 2.14. The van der Waals surface area contributed by atoms with Gasteiger partial charge in [0.2, 0.25) is 5.95 Å². The Hall–Kier alpha value is -3.48. The molecule has 0 unspecified atom stereocenters. The zero-order valence-corrected chi connectivity index (χ0v) is 13.9. The maximum Gasteiger partial charge on any atom is 0.274 e. The summed E-state index contributed by atoms with van der Waals surface area (Å²) in [5, 5.41) is 17.2. The highest BCUT2D eigenvalue weighted by Crippen LogP contribution is 2.29. The maximum atomic E-state index is 11.1. The summed E-state index contributed by atoms with van der Waals surface area (Å²) in [6, 6.07) is 16.5. The average molecular weight is 335 g/mol. The van der Waals surface area contributed by atoms with Gasteiger partial charge in [0, 0.05) is 30.4 Å². The van der Waals surface area contributed by atoms with Gasteiger partial charge in [-0.2, -0.15) is 4.98 Å². The Morgan fingerprint density at radius 1 is 1.04 bits per heavy atom. The third-order valence-electron chi connectivity index (χ3n) is 3.78. The summed E-state index contributed by atoms with van der Waals surface area (Å²) in [5.41, 5.74) is 2.97. The number of rotatable bonds is 5. The van der Waals surface area contributed by atoms with Crippen LogP contribution in [0.2, 0.25) is 0 Å². The minimum Gasteiger partial charge on any atom is -0.357 e. The first-order chi connectivity index (χ1) is 12.1. The zero-order chi connectivity index (χ0) is 17.8. The molecule has 0 saturated carbocycles. The fourth-order valence-corrected chi connectivity index (χ4v) is 2.47. The SMILES string of the molecule is CNc1nc(Nc2cccc([N+](=O)[O-])c2C)cc(-c2ccccc2)n1. The second-order valence-electron chi connectivity index (χ2n) is 5.41. The van der Waals surface area contributed by atoms with Crippen molar-refractivity contribution in [3.05, 3.63) is 70.3 Å². The van der Waals surface area contributed by atoms with Crippen LogP contribution in [0.25, 0.3) is 11.3 Å². The molecule has 2 N–H and O–H groups in total. The van der Waals surface area contributed by atoms with Crippen LogP contribution in [0.1, 0.15) is 5.56 Å². The van der Waals surface area contributed by atoms with E-state index >= 15 is 0 Å². The molecule has 0 spiro atoms. The Morgan fingerprint density at radius 3 is 2.48 bits per heavy atom. The summed E-state index contributed by atoms with van der Waals surface area (Å²) < 4.78 is 0. The molecule has 0 aliphatic heterocycles. The molecule has 0 aliphatic carbocycles. The quantitative estimate of drug-likeness (QED) is 0.537. The van der Waals surface area contributed by atoms with Crippen LogP contribution in [0.3, 0.4) is 0 Å². The van der Waals surface area contributed by atoms with E-state index in [0.29, 0.717) is 23.0 Å². The number of nitro groups is 1. The van der Waals surface area contributed by atoms with E-state index < -0.39 is 4.92 Å². The molecule has 0 amide bonds. The highest BCUT2D eigenvalue weighted by atomic mass is 16.6. The Kier molecular flexibility index (Phi) is 4.56. The molecule has 3 rings (SSSR count). The largest absolute Gasteiger partial charge is 0.357 e. The number of nitro benzene ring substituents is 1. The van der Waals surface area contributed by atoms with Crippen molar-refractivity contribution in [3.63, 3.8) is 0 Å². The Bertz CT molecular complexity index is 913. The topological polar surface area (TPSA) is 93.0 Å². The van der Waals surface area contributed by atoms with Gasteiger partial charge in [0.15, 0.2) is 0 Å². The third kappa shape index (κ3) is 3.55. The van der Waals surface area contributed by atoms with E-state index in [9.17, 15) is 10.1 Å². The number of anilines is 3. The number of benzene rings is 2. The predicted octanol–water partition coefficient (Wildman–Crippen LogP) is 4.15. The van der Waals surface area contributed by atoms with Gasteiger partial charge < -0.3 is 10.6 Å².